The molecule has 2 atom stereocenters. The fourth-order valence-electron chi connectivity index (χ4n) is 5.55. The standard InChI is InChI=1S/C22H23FN4O.C16H24N2O2/c1-17-15-27(16-24-17)21(18-5-3-2-4-6-18)22(28)26-13-11-25(12-14-26)20-9-7-19(23)8-10-20;1-12(19)14(18-15(20)16(2,3)17)11-7-10-13-8-5-4-6-9-13/h2-10,15-16,21H,11-14H2,1H3;4-6,8-9,14H,7,10-11,17H2,1-3H3,(H,18,20). The molecule has 4 aromatic rings. The maximum absolute atomic E-state index is 13.4. The van der Waals surface area contributed by atoms with Gasteiger partial charge >= 0.3 is 0 Å². The summed E-state index contributed by atoms with van der Waals surface area (Å²) in [6.45, 7) is 9.39. The number of carbonyl (C=O) groups excluding carboxylic acids is 3. The van der Waals surface area contributed by atoms with E-state index in [1.54, 1.807) is 32.3 Å². The minimum Gasteiger partial charge on any atom is -0.368 e. The number of hydrogen-bond donors (Lipinski definition) is 2. The number of ketones is 1. The van der Waals surface area contributed by atoms with E-state index in [0.717, 1.165) is 42.9 Å². The number of piperazine rings is 1. The van der Waals surface area contributed by atoms with Crippen molar-refractivity contribution in [2.24, 2.45) is 5.73 Å². The molecule has 0 saturated carbocycles. The van der Waals surface area contributed by atoms with Crippen molar-refractivity contribution >= 4 is 23.3 Å². The van der Waals surface area contributed by atoms with Gasteiger partial charge in [0.25, 0.3) is 0 Å². The smallest absolute Gasteiger partial charge is 0.250 e. The number of carbonyl (C=O) groups is 3. The van der Waals surface area contributed by atoms with Crippen LogP contribution in [0.5, 0.6) is 0 Å². The molecule has 2 unspecified atom stereocenters. The largest absolute Gasteiger partial charge is 0.368 e. The zero-order valence-electron chi connectivity index (χ0n) is 28.3. The monoisotopic (exact) mass is 654 g/mol. The Labute approximate surface area is 283 Å². The van der Waals surface area contributed by atoms with Crippen LogP contribution in [0, 0.1) is 12.7 Å². The Morgan fingerprint density at radius 1 is 0.917 bits per heavy atom. The molecule has 1 aromatic heterocycles. The molecule has 3 aromatic carbocycles. The van der Waals surface area contributed by atoms with Crippen molar-refractivity contribution in [2.75, 3.05) is 31.1 Å². The van der Waals surface area contributed by atoms with Gasteiger partial charge in [-0.3, -0.25) is 14.4 Å². The second-order valence-corrected chi connectivity index (χ2v) is 12.8. The first-order valence-corrected chi connectivity index (χ1v) is 16.4. The highest BCUT2D eigenvalue weighted by Crippen LogP contribution is 2.24. The van der Waals surface area contributed by atoms with Gasteiger partial charge < -0.3 is 25.4 Å². The van der Waals surface area contributed by atoms with Crippen molar-refractivity contribution < 1.29 is 18.8 Å². The molecule has 3 N–H and O–H groups in total. The zero-order valence-corrected chi connectivity index (χ0v) is 28.3. The number of nitrogens with two attached hydrogens (primary N) is 1. The summed E-state index contributed by atoms with van der Waals surface area (Å²) in [6, 6.07) is 25.5. The fourth-order valence-corrected chi connectivity index (χ4v) is 5.55. The number of aryl methyl sites for hydroxylation is 2. The van der Waals surface area contributed by atoms with E-state index in [1.165, 1.54) is 24.6 Å². The van der Waals surface area contributed by atoms with Gasteiger partial charge in [-0.2, -0.15) is 0 Å². The molecule has 5 rings (SSSR count). The molecule has 0 radical (unpaired) electrons. The third kappa shape index (κ3) is 10.3. The van der Waals surface area contributed by atoms with E-state index in [2.05, 4.69) is 27.3 Å². The summed E-state index contributed by atoms with van der Waals surface area (Å²) >= 11 is 0. The van der Waals surface area contributed by atoms with Crippen molar-refractivity contribution in [3.05, 3.63) is 120 Å². The topological polar surface area (TPSA) is 114 Å². The van der Waals surface area contributed by atoms with E-state index in [9.17, 15) is 18.8 Å². The molecule has 0 aliphatic carbocycles. The second-order valence-electron chi connectivity index (χ2n) is 12.8. The zero-order chi connectivity index (χ0) is 34.7. The Bertz CT molecular complexity index is 1610. The molecule has 1 aliphatic rings. The molecular formula is C38H47FN6O3. The Morgan fingerprint density at radius 2 is 1.52 bits per heavy atom. The van der Waals surface area contributed by atoms with Crippen LogP contribution in [0.15, 0.2) is 97.5 Å². The highest BCUT2D eigenvalue weighted by molar-refractivity contribution is 5.91. The minimum absolute atomic E-state index is 0.0318. The summed E-state index contributed by atoms with van der Waals surface area (Å²) in [5, 5.41) is 2.73. The number of imidazole rings is 1. The summed E-state index contributed by atoms with van der Waals surface area (Å²) in [5.41, 5.74) is 8.81. The van der Waals surface area contributed by atoms with Gasteiger partial charge in [0.05, 0.1) is 23.6 Å². The van der Waals surface area contributed by atoms with Crippen LogP contribution in [0.3, 0.4) is 0 Å². The average Bonchev–Trinajstić information content (AvgIpc) is 3.50. The first-order chi connectivity index (χ1) is 22.9. The molecule has 10 heteroatoms. The molecule has 1 fully saturated rings. The van der Waals surface area contributed by atoms with Crippen molar-refractivity contribution in [3.63, 3.8) is 0 Å². The fraction of sp³-hybridized carbons (Fsp3) is 0.368. The van der Waals surface area contributed by atoms with Gasteiger partial charge in [0.15, 0.2) is 5.78 Å². The van der Waals surface area contributed by atoms with Gasteiger partial charge in [0, 0.05) is 38.1 Å². The van der Waals surface area contributed by atoms with E-state index < -0.39 is 17.6 Å². The number of anilines is 1. The highest BCUT2D eigenvalue weighted by Gasteiger charge is 2.30. The van der Waals surface area contributed by atoms with Crippen molar-refractivity contribution in [3.8, 4) is 0 Å². The average molecular weight is 655 g/mol. The minimum atomic E-state index is -0.965. The second kappa shape index (κ2) is 16.8. The summed E-state index contributed by atoms with van der Waals surface area (Å²) < 4.78 is 15.0. The molecule has 48 heavy (non-hydrogen) atoms. The number of rotatable bonds is 11. The molecule has 2 heterocycles. The molecular weight excluding hydrogens is 607 g/mol. The third-order valence-corrected chi connectivity index (χ3v) is 8.34. The van der Waals surface area contributed by atoms with Gasteiger partial charge in [-0.25, -0.2) is 9.37 Å². The molecule has 254 valence electrons. The Kier molecular flexibility index (Phi) is 12.6. The van der Waals surface area contributed by atoms with Crippen LogP contribution in [-0.4, -0.2) is 69.8 Å². The van der Waals surface area contributed by atoms with E-state index in [1.807, 2.05) is 71.1 Å². The van der Waals surface area contributed by atoms with Crippen LogP contribution < -0.4 is 16.0 Å². The number of nitrogens with one attached hydrogen (secondary N) is 1. The Balaban J connectivity index is 0.000000231. The first kappa shape index (κ1) is 36.0. The lowest BCUT2D eigenvalue weighted by atomic mass is 10.0. The van der Waals surface area contributed by atoms with Crippen LogP contribution in [0.25, 0.3) is 0 Å². The van der Waals surface area contributed by atoms with Gasteiger partial charge in [-0.15, -0.1) is 0 Å². The predicted octanol–water partition coefficient (Wildman–Crippen LogP) is 5.09. The van der Waals surface area contributed by atoms with Crippen molar-refractivity contribution in [2.45, 2.75) is 64.6 Å². The third-order valence-electron chi connectivity index (χ3n) is 8.34. The predicted molar refractivity (Wildman–Crippen MR) is 187 cm³/mol. The summed E-state index contributed by atoms with van der Waals surface area (Å²) in [6.07, 6.45) is 6.00. The number of aromatic nitrogens is 2. The van der Waals surface area contributed by atoms with E-state index in [0.29, 0.717) is 19.5 Å². The quantitative estimate of drug-likeness (QED) is 0.233. The van der Waals surface area contributed by atoms with Crippen LogP contribution >= 0.6 is 0 Å². The normalized spacial score (nSPS) is 14.4. The highest BCUT2D eigenvalue weighted by atomic mass is 19.1. The first-order valence-electron chi connectivity index (χ1n) is 16.4. The van der Waals surface area contributed by atoms with Crippen LogP contribution in [0.4, 0.5) is 10.1 Å². The summed E-state index contributed by atoms with van der Waals surface area (Å²) in [4.78, 5) is 45.2. The summed E-state index contributed by atoms with van der Waals surface area (Å²) in [7, 11) is 0. The lowest BCUT2D eigenvalue weighted by molar-refractivity contribution is -0.133. The van der Waals surface area contributed by atoms with Gasteiger partial charge in [-0.1, -0.05) is 60.7 Å². The van der Waals surface area contributed by atoms with Crippen LogP contribution in [-0.2, 0) is 20.8 Å². The lowest BCUT2D eigenvalue weighted by Crippen LogP contribution is -2.53. The van der Waals surface area contributed by atoms with Crippen molar-refractivity contribution in [1.82, 2.24) is 19.8 Å². The number of hydrogen-bond acceptors (Lipinski definition) is 6. The maximum Gasteiger partial charge on any atom is 0.250 e. The van der Waals surface area contributed by atoms with Crippen molar-refractivity contribution in [1.29, 1.82) is 0 Å². The van der Waals surface area contributed by atoms with E-state index in [4.69, 9.17) is 5.73 Å². The Hall–Kier alpha value is -4.83. The molecule has 1 saturated heterocycles. The van der Waals surface area contributed by atoms with Gasteiger partial charge in [-0.05, 0) is 82.3 Å². The molecule has 1 aliphatic heterocycles. The van der Waals surface area contributed by atoms with Gasteiger partial charge in [0.2, 0.25) is 11.8 Å². The molecule has 0 spiro atoms. The number of halogens is 1. The number of amides is 2. The van der Waals surface area contributed by atoms with Crippen LogP contribution in [0.1, 0.15) is 56.5 Å². The summed E-state index contributed by atoms with van der Waals surface area (Å²) in [5.74, 6) is -0.491. The molecule has 0 bridgehead atoms. The number of Topliss-reactive ketones (excluding diaryl/α,β-unsaturated/α-hetero) is 1. The Morgan fingerprint density at radius 3 is 2.06 bits per heavy atom. The SMILES string of the molecule is CC(=O)C(CCCc1ccccc1)NC(=O)C(C)(C)N.Cc1cn(C(C(=O)N2CCN(c3ccc(F)cc3)CC2)c2ccccc2)cn1. The van der Waals surface area contributed by atoms with Crippen LogP contribution in [0.2, 0.25) is 0 Å². The van der Waals surface area contributed by atoms with E-state index in [-0.39, 0.29) is 23.4 Å². The number of nitrogens with zero attached hydrogens (tertiary/aromatic N) is 4. The maximum atomic E-state index is 13.4. The van der Waals surface area contributed by atoms with E-state index >= 15 is 0 Å². The molecule has 9 nitrogen and oxygen atoms in total. The van der Waals surface area contributed by atoms with Gasteiger partial charge in [0.1, 0.15) is 11.9 Å². The lowest BCUT2D eigenvalue weighted by Gasteiger charge is -2.37. The number of benzene rings is 3. The molecule has 2 amide bonds.